The summed E-state index contributed by atoms with van der Waals surface area (Å²) in [6, 6.07) is 8.85. The first-order chi connectivity index (χ1) is 12.1. The number of likely N-dealkylation sites (tertiary alicyclic amines) is 1. The first-order valence-corrected chi connectivity index (χ1v) is 9.54. The number of carbonyl (C=O) groups is 2. The molecule has 1 aromatic rings. The Labute approximate surface area is 149 Å². The molecule has 3 atom stereocenters. The van der Waals surface area contributed by atoms with Crippen LogP contribution in [-0.4, -0.2) is 36.0 Å². The Balaban J connectivity index is 1.30. The van der Waals surface area contributed by atoms with Crippen molar-refractivity contribution in [3.63, 3.8) is 0 Å². The molecule has 1 saturated carbocycles. The topological polar surface area (TPSA) is 61.4 Å². The van der Waals surface area contributed by atoms with Crippen molar-refractivity contribution in [1.82, 2.24) is 15.5 Å². The maximum Gasteiger partial charge on any atom is 0.315 e. The van der Waals surface area contributed by atoms with Gasteiger partial charge in [-0.25, -0.2) is 4.79 Å². The Morgan fingerprint density at radius 2 is 1.92 bits per heavy atom. The molecule has 1 aliphatic heterocycles. The fraction of sp³-hybridized carbons (Fsp3) is 0.600. The number of hydrogen-bond donors (Lipinski definition) is 2. The lowest BCUT2D eigenvalue weighted by Crippen LogP contribution is -2.41. The molecule has 0 spiro atoms. The molecule has 3 aliphatic rings. The van der Waals surface area contributed by atoms with Crippen LogP contribution in [0.5, 0.6) is 0 Å². The summed E-state index contributed by atoms with van der Waals surface area (Å²) in [7, 11) is 0. The van der Waals surface area contributed by atoms with Crippen LogP contribution in [0.4, 0.5) is 4.79 Å². The van der Waals surface area contributed by atoms with Crippen molar-refractivity contribution in [1.29, 1.82) is 0 Å². The summed E-state index contributed by atoms with van der Waals surface area (Å²) in [4.78, 5) is 26.3. The molecule has 134 valence electrons. The van der Waals surface area contributed by atoms with Crippen molar-refractivity contribution >= 4 is 11.9 Å². The third-order valence-electron chi connectivity index (χ3n) is 5.87. The van der Waals surface area contributed by atoms with Crippen LogP contribution < -0.4 is 10.6 Å². The van der Waals surface area contributed by atoms with E-state index >= 15 is 0 Å². The van der Waals surface area contributed by atoms with Gasteiger partial charge in [-0.2, -0.15) is 0 Å². The van der Waals surface area contributed by atoms with Crippen LogP contribution in [-0.2, 0) is 4.79 Å². The number of nitrogens with one attached hydrogen (secondary N) is 2. The first kappa shape index (κ1) is 16.4. The quantitative estimate of drug-likeness (QED) is 0.884. The Bertz CT molecular complexity index is 671. The summed E-state index contributed by atoms with van der Waals surface area (Å²) < 4.78 is 0. The van der Waals surface area contributed by atoms with Crippen LogP contribution in [0, 0.1) is 5.92 Å². The number of fused-ring (bicyclic) bond motifs is 1. The first-order valence-electron chi connectivity index (χ1n) is 9.54. The van der Waals surface area contributed by atoms with Crippen molar-refractivity contribution in [3.05, 3.63) is 35.4 Å². The van der Waals surface area contributed by atoms with E-state index in [1.165, 1.54) is 11.1 Å². The maximum atomic E-state index is 12.3. The van der Waals surface area contributed by atoms with Gasteiger partial charge in [0.1, 0.15) is 0 Å². The molecule has 4 rings (SSSR count). The lowest BCUT2D eigenvalue weighted by atomic mass is 9.81. The molecule has 3 amide bonds. The van der Waals surface area contributed by atoms with E-state index in [4.69, 9.17) is 0 Å². The van der Waals surface area contributed by atoms with Crippen molar-refractivity contribution in [2.24, 2.45) is 5.92 Å². The van der Waals surface area contributed by atoms with E-state index in [9.17, 15) is 9.59 Å². The minimum absolute atomic E-state index is 0.0839. The number of nitrogens with zero attached hydrogens (tertiary/aromatic N) is 1. The van der Waals surface area contributed by atoms with E-state index in [0.717, 1.165) is 32.2 Å². The summed E-state index contributed by atoms with van der Waals surface area (Å²) in [5.41, 5.74) is 2.59. The summed E-state index contributed by atoms with van der Waals surface area (Å²) in [5.74, 6) is 1.05. The number of carbonyl (C=O) groups excluding carboxylic acids is 2. The fourth-order valence-corrected chi connectivity index (χ4v) is 4.29. The molecule has 0 radical (unpaired) electrons. The van der Waals surface area contributed by atoms with E-state index in [-0.39, 0.29) is 23.9 Å². The molecule has 2 aliphatic carbocycles. The molecule has 0 bridgehead atoms. The van der Waals surface area contributed by atoms with Crippen LogP contribution in [0.25, 0.3) is 0 Å². The summed E-state index contributed by atoms with van der Waals surface area (Å²) >= 11 is 0. The second kappa shape index (κ2) is 6.70. The van der Waals surface area contributed by atoms with Crippen LogP contribution in [0.2, 0.25) is 0 Å². The zero-order chi connectivity index (χ0) is 17.4. The minimum Gasteiger partial charge on any atom is -0.339 e. The maximum absolute atomic E-state index is 12.3. The van der Waals surface area contributed by atoms with Gasteiger partial charge in [0.25, 0.3) is 0 Å². The highest BCUT2D eigenvalue weighted by Crippen LogP contribution is 2.37. The highest BCUT2D eigenvalue weighted by molar-refractivity contribution is 5.79. The van der Waals surface area contributed by atoms with Crippen LogP contribution in [0.1, 0.15) is 62.1 Å². The van der Waals surface area contributed by atoms with Crippen molar-refractivity contribution in [2.75, 3.05) is 13.1 Å². The van der Waals surface area contributed by atoms with Gasteiger partial charge in [-0.15, -0.1) is 0 Å². The van der Waals surface area contributed by atoms with Gasteiger partial charge < -0.3 is 15.5 Å². The molecule has 0 unspecified atom stereocenters. The number of amides is 3. The number of urea groups is 1. The van der Waals surface area contributed by atoms with Crippen molar-refractivity contribution in [2.45, 2.75) is 57.0 Å². The Kier molecular flexibility index (Phi) is 4.40. The summed E-state index contributed by atoms with van der Waals surface area (Å²) in [6.07, 6.45) is 4.93. The predicted molar refractivity (Wildman–Crippen MR) is 96.2 cm³/mol. The molecule has 5 nitrogen and oxygen atoms in total. The molecular weight excluding hydrogens is 314 g/mol. The molecule has 2 fully saturated rings. The van der Waals surface area contributed by atoms with Gasteiger partial charge >= 0.3 is 6.03 Å². The van der Waals surface area contributed by atoms with Crippen molar-refractivity contribution in [3.8, 4) is 0 Å². The van der Waals surface area contributed by atoms with E-state index in [2.05, 4.69) is 35.8 Å². The minimum atomic E-state index is -0.119. The number of hydrogen-bond acceptors (Lipinski definition) is 2. The molecule has 0 aromatic heterocycles. The lowest BCUT2D eigenvalue weighted by molar-refractivity contribution is -0.128. The van der Waals surface area contributed by atoms with E-state index < -0.39 is 0 Å². The van der Waals surface area contributed by atoms with Crippen LogP contribution in [0.15, 0.2) is 24.3 Å². The van der Waals surface area contributed by atoms with Crippen LogP contribution >= 0.6 is 0 Å². The molecular formula is C20H27N3O2. The van der Waals surface area contributed by atoms with Crippen molar-refractivity contribution < 1.29 is 9.59 Å². The average molecular weight is 341 g/mol. The third kappa shape index (κ3) is 3.51. The monoisotopic (exact) mass is 341 g/mol. The second-order valence-corrected chi connectivity index (χ2v) is 7.86. The standard InChI is InChI=1S/C20H27N3O2/c1-13-6-9-18(17-5-3-2-4-16(13)17)22-20(25)21-11-14-10-19(24)23(12-14)15-7-8-15/h2-5,13-15,18H,6-12H2,1H3,(H2,21,22,25)/t13-,14+,18+/m1/s1. The van der Waals surface area contributed by atoms with Gasteiger partial charge in [-0.1, -0.05) is 31.2 Å². The highest BCUT2D eigenvalue weighted by atomic mass is 16.2. The third-order valence-corrected chi connectivity index (χ3v) is 5.87. The molecule has 5 heteroatoms. The van der Waals surface area contributed by atoms with Crippen LogP contribution in [0.3, 0.4) is 0 Å². The lowest BCUT2D eigenvalue weighted by Gasteiger charge is -2.30. The van der Waals surface area contributed by atoms with Gasteiger partial charge in [0, 0.05) is 31.5 Å². The highest BCUT2D eigenvalue weighted by Gasteiger charge is 2.39. The van der Waals surface area contributed by atoms with Gasteiger partial charge in [0.15, 0.2) is 0 Å². The zero-order valence-electron chi connectivity index (χ0n) is 14.8. The van der Waals surface area contributed by atoms with E-state index in [1.54, 1.807) is 0 Å². The fourth-order valence-electron chi connectivity index (χ4n) is 4.29. The molecule has 2 N–H and O–H groups in total. The Hall–Kier alpha value is -2.04. The molecule has 1 aromatic carbocycles. The molecule has 25 heavy (non-hydrogen) atoms. The van der Waals surface area contributed by atoms with Gasteiger partial charge in [0.2, 0.25) is 5.91 Å². The smallest absolute Gasteiger partial charge is 0.315 e. The van der Waals surface area contributed by atoms with E-state index in [1.807, 2.05) is 11.0 Å². The molecule has 1 saturated heterocycles. The number of rotatable bonds is 4. The summed E-state index contributed by atoms with van der Waals surface area (Å²) in [5, 5.41) is 6.11. The Morgan fingerprint density at radius 1 is 1.16 bits per heavy atom. The average Bonchev–Trinajstić information content (AvgIpc) is 3.39. The SMILES string of the molecule is C[C@@H]1CC[C@H](NC(=O)NC[C@@H]2CC(=O)N(C3CC3)C2)c2ccccc21. The Morgan fingerprint density at radius 3 is 2.68 bits per heavy atom. The number of benzene rings is 1. The largest absolute Gasteiger partial charge is 0.339 e. The molecule has 1 heterocycles. The second-order valence-electron chi connectivity index (χ2n) is 7.86. The van der Waals surface area contributed by atoms with Gasteiger partial charge in [-0.3, -0.25) is 4.79 Å². The van der Waals surface area contributed by atoms with E-state index in [0.29, 0.717) is 24.9 Å². The predicted octanol–water partition coefficient (Wildman–Crippen LogP) is 2.94. The zero-order valence-corrected chi connectivity index (χ0v) is 14.8. The van der Waals surface area contributed by atoms with Gasteiger partial charge in [0.05, 0.1) is 6.04 Å². The summed E-state index contributed by atoms with van der Waals surface area (Å²) in [6.45, 7) is 3.62. The van der Waals surface area contributed by atoms with Gasteiger partial charge in [-0.05, 0) is 42.7 Å². The normalized spacial score (nSPS) is 28.6.